The van der Waals surface area contributed by atoms with Gasteiger partial charge in [-0.05, 0) is 44.6 Å². The van der Waals surface area contributed by atoms with Crippen molar-refractivity contribution >= 4 is 5.71 Å². The van der Waals surface area contributed by atoms with Crippen LogP contribution >= 0.6 is 0 Å². The van der Waals surface area contributed by atoms with Crippen molar-refractivity contribution in [1.29, 1.82) is 0 Å². The zero-order chi connectivity index (χ0) is 12.6. The molecule has 0 fully saturated rings. The fourth-order valence-corrected chi connectivity index (χ4v) is 1.59. The molecule has 0 aliphatic rings. The lowest BCUT2D eigenvalue weighted by atomic mass is 10.0. The van der Waals surface area contributed by atoms with Crippen LogP contribution in [-0.4, -0.2) is 5.71 Å². The van der Waals surface area contributed by atoms with Gasteiger partial charge >= 0.3 is 0 Å². The quantitative estimate of drug-likeness (QED) is 0.560. The Morgan fingerprint density at radius 1 is 1.00 bits per heavy atom. The zero-order valence-electron chi connectivity index (χ0n) is 11.7. The van der Waals surface area contributed by atoms with Crippen molar-refractivity contribution in [3.63, 3.8) is 0 Å². The van der Waals surface area contributed by atoms with Crippen LogP contribution in [0.3, 0.4) is 0 Å². The smallest absolute Gasteiger partial charge is 0.0406 e. The minimum atomic E-state index is 0.659. The van der Waals surface area contributed by atoms with Gasteiger partial charge in [-0.1, -0.05) is 39.8 Å². The maximum Gasteiger partial charge on any atom is 0.0406 e. The summed E-state index contributed by atoms with van der Waals surface area (Å²) in [4.78, 5) is 4.76. The fraction of sp³-hybridized carbons (Fsp3) is 0.667. The predicted octanol–water partition coefficient (Wildman–Crippen LogP) is 5.00. The molecule has 0 rings (SSSR count). The van der Waals surface area contributed by atoms with E-state index in [0.717, 1.165) is 12.8 Å². The molecule has 0 heterocycles. The molecule has 0 atom stereocenters. The van der Waals surface area contributed by atoms with Gasteiger partial charge in [0, 0.05) is 11.4 Å². The molecule has 0 unspecified atom stereocenters. The van der Waals surface area contributed by atoms with Crippen LogP contribution in [0.1, 0.15) is 54.4 Å². The van der Waals surface area contributed by atoms with Gasteiger partial charge in [0.1, 0.15) is 0 Å². The van der Waals surface area contributed by atoms with E-state index in [0.29, 0.717) is 11.8 Å². The van der Waals surface area contributed by atoms with Crippen LogP contribution in [0.4, 0.5) is 0 Å². The number of allylic oxidation sites excluding steroid dienone is 4. The van der Waals surface area contributed by atoms with Gasteiger partial charge in [0.05, 0.1) is 0 Å². The van der Waals surface area contributed by atoms with Crippen molar-refractivity contribution < 1.29 is 0 Å². The maximum absolute atomic E-state index is 4.76. The average molecular weight is 221 g/mol. The summed E-state index contributed by atoms with van der Waals surface area (Å²) in [6.07, 6.45) is 8.45. The molecule has 0 N–H and O–H groups in total. The molecule has 0 spiro atoms. The minimum absolute atomic E-state index is 0.659. The second-order valence-electron chi connectivity index (χ2n) is 5.08. The van der Waals surface area contributed by atoms with Gasteiger partial charge in [0.15, 0.2) is 0 Å². The molecule has 0 aromatic carbocycles. The van der Waals surface area contributed by atoms with E-state index < -0.39 is 0 Å². The highest BCUT2D eigenvalue weighted by molar-refractivity contribution is 5.95. The largest absolute Gasteiger partial charge is 0.258 e. The molecule has 0 aromatic heterocycles. The molecular formula is C15H27N. The Balaban J connectivity index is 4.73. The molecule has 0 saturated carbocycles. The molecule has 0 bridgehead atoms. The summed E-state index contributed by atoms with van der Waals surface area (Å²) in [5, 5.41) is 0. The van der Waals surface area contributed by atoms with Crippen LogP contribution in [0.25, 0.3) is 0 Å². The molecule has 0 aliphatic heterocycles. The molecule has 0 radical (unpaired) electrons. The van der Waals surface area contributed by atoms with Crippen LogP contribution < -0.4 is 0 Å². The van der Waals surface area contributed by atoms with Crippen molar-refractivity contribution in [1.82, 2.24) is 0 Å². The summed E-state index contributed by atoms with van der Waals surface area (Å²) in [6, 6.07) is 0. The van der Waals surface area contributed by atoms with Gasteiger partial charge in [0.25, 0.3) is 0 Å². The second-order valence-corrected chi connectivity index (χ2v) is 5.08. The predicted molar refractivity (Wildman–Crippen MR) is 74.9 cm³/mol. The third kappa shape index (κ3) is 7.44. The summed E-state index contributed by atoms with van der Waals surface area (Å²) in [6.45, 7) is 13.1. The first-order valence-electron chi connectivity index (χ1n) is 6.35. The lowest BCUT2D eigenvalue weighted by molar-refractivity contribution is 0.636. The van der Waals surface area contributed by atoms with Crippen molar-refractivity contribution in [3.05, 3.63) is 23.9 Å². The molecule has 0 saturated heterocycles. The van der Waals surface area contributed by atoms with Crippen LogP contribution in [0.5, 0.6) is 0 Å². The first kappa shape index (κ1) is 15.2. The van der Waals surface area contributed by atoms with Gasteiger partial charge in [-0.15, -0.1) is 0 Å². The van der Waals surface area contributed by atoms with Gasteiger partial charge < -0.3 is 0 Å². The van der Waals surface area contributed by atoms with Crippen molar-refractivity contribution in [2.45, 2.75) is 54.4 Å². The van der Waals surface area contributed by atoms with E-state index in [9.17, 15) is 0 Å². The average Bonchev–Trinajstić information content (AvgIpc) is 2.15. The highest BCUT2D eigenvalue weighted by atomic mass is 14.8. The van der Waals surface area contributed by atoms with Gasteiger partial charge in [-0.3, -0.25) is 4.99 Å². The molecule has 0 amide bonds. The summed E-state index contributed by atoms with van der Waals surface area (Å²) in [5.74, 6) is 1.33. The molecule has 92 valence electrons. The lowest BCUT2D eigenvalue weighted by Gasteiger charge is -2.09. The Bertz CT molecular complexity index is 267. The third-order valence-electron chi connectivity index (χ3n) is 2.21. The highest BCUT2D eigenvalue weighted by Crippen LogP contribution is 2.14. The number of aliphatic imine (C=N–C) groups is 1. The third-order valence-corrected chi connectivity index (χ3v) is 2.21. The minimum Gasteiger partial charge on any atom is -0.258 e. The van der Waals surface area contributed by atoms with E-state index in [-0.39, 0.29) is 0 Å². The van der Waals surface area contributed by atoms with Crippen LogP contribution in [0.15, 0.2) is 28.9 Å². The SMILES string of the molecule is C\C=C/C(CC(C)C)=N\C(=C/C)CC(C)C. The Labute approximate surface area is 101 Å². The van der Waals surface area contributed by atoms with E-state index in [1.54, 1.807) is 0 Å². The number of hydrogen-bond acceptors (Lipinski definition) is 1. The Morgan fingerprint density at radius 3 is 1.94 bits per heavy atom. The summed E-state index contributed by atoms with van der Waals surface area (Å²) in [7, 11) is 0. The lowest BCUT2D eigenvalue weighted by Crippen LogP contribution is -2.01. The molecular weight excluding hydrogens is 194 g/mol. The maximum atomic E-state index is 4.76. The Kier molecular flexibility index (Phi) is 7.88. The van der Waals surface area contributed by atoms with E-state index in [1.807, 2.05) is 6.92 Å². The van der Waals surface area contributed by atoms with Crippen molar-refractivity contribution in [2.75, 3.05) is 0 Å². The van der Waals surface area contributed by atoms with Crippen LogP contribution in [0, 0.1) is 11.8 Å². The topological polar surface area (TPSA) is 12.4 Å². The van der Waals surface area contributed by atoms with Crippen molar-refractivity contribution in [3.8, 4) is 0 Å². The normalized spacial score (nSPS) is 14.5. The standard InChI is InChI=1S/C15H27N/c1-7-9-15(11-13(5)6)16-14(8-2)10-12(3)4/h7-9,12-13H,10-11H2,1-6H3/b9-7-,14-8-,16-15+. The van der Waals surface area contributed by atoms with Crippen LogP contribution in [-0.2, 0) is 0 Å². The first-order valence-corrected chi connectivity index (χ1v) is 6.35. The summed E-state index contributed by atoms with van der Waals surface area (Å²) < 4.78 is 0. The molecule has 1 nitrogen and oxygen atoms in total. The van der Waals surface area contributed by atoms with E-state index >= 15 is 0 Å². The summed E-state index contributed by atoms with van der Waals surface area (Å²) >= 11 is 0. The van der Waals surface area contributed by atoms with Crippen molar-refractivity contribution in [2.24, 2.45) is 16.8 Å². The number of nitrogens with zero attached hydrogens (tertiary/aromatic N) is 1. The first-order chi connectivity index (χ1) is 7.49. The highest BCUT2D eigenvalue weighted by Gasteiger charge is 2.03. The van der Waals surface area contributed by atoms with Crippen LogP contribution in [0.2, 0.25) is 0 Å². The number of rotatable bonds is 6. The van der Waals surface area contributed by atoms with E-state index in [2.05, 4.69) is 52.8 Å². The molecule has 0 aliphatic carbocycles. The number of hydrogen-bond donors (Lipinski definition) is 0. The second kappa shape index (κ2) is 8.32. The monoisotopic (exact) mass is 221 g/mol. The van der Waals surface area contributed by atoms with Gasteiger partial charge in [-0.25, -0.2) is 0 Å². The van der Waals surface area contributed by atoms with Gasteiger partial charge in [0.2, 0.25) is 0 Å². The van der Waals surface area contributed by atoms with E-state index in [4.69, 9.17) is 4.99 Å². The van der Waals surface area contributed by atoms with Gasteiger partial charge in [-0.2, -0.15) is 0 Å². The molecule has 0 aromatic rings. The molecule has 16 heavy (non-hydrogen) atoms. The summed E-state index contributed by atoms with van der Waals surface area (Å²) in [5.41, 5.74) is 2.41. The molecule has 1 heteroatoms. The Morgan fingerprint density at radius 2 is 1.56 bits per heavy atom. The van der Waals surface area contributed by atoms with E-state index in [1.165, 1.54) is 11.4 Å². The fourth-order valence-electron chi connectivity index (χ4n) is 1.59. The zero-order valence-corrected chi connectivity index (χ0v) is 11.7. The Hall–Kier alpha value is -0.850.